The second kappa shape index (κ2) is 5.36. The Balaban J connectivity index is 2.02. The van der Waals surface area contributed by atoms with Gasteiger partial charge in [0.15, 0.2) is 0 Å². The third kappa shape index (κ3) is 3.09. The molecule has 0 unspecified atom stereocenters. The lowest BCUT2D eigenvalue weighted by Gasteiger charge is -2.12. The Morgan fingerprint density at radius 2 is 2.00 bits per heavy atom. The molecule has 1 heterocycles. The van der Waals surface area contributed by atoms with E-state index in [9.17, 15) is 0 Å². The van der Waals surface area contributed by atoms with Crippen LogP contribution in [0.4, 0.5) is 5.69 Å². The zero-order chi connectivity index (χ0) is 12.3. The summed E-state index contributed by atoms with van der Waals surface area (Å²) in [6, 6.07) is 8.61. The van der Waals surface area contributed by atoms with E-state index in [1.807, 2.05) is 24.7 Å². The van der Waals surface area contributed by atoms with E-state index in [0.717, 1.165) is 16.7 Å². The van der Waals surface area contributed by atoms with Gasteiger partial charge in [0.05, 0.1) is 18.6 Å². The zero-order valence-corrected chi connectivity index (χ0v) is 11.6. The van der Waals surface area contributed by atoms with E-state index >= 15 is 0 Å². The van der Waals surface area contributed by atoms with E-state index in [-0.39, 0.29) is 0 Å². The van der Waals surface area contributed by atoms with E-state index < -0.39 is 0 Å². The van der Waals surface area contributed by atoms with Crippen molar-refractivity contribution < 1.29 is 0 Å². The Morgan fingerprint density at radius 3 is 2.65 bits per heavy atom. The number of hydrogen-bond acceptors (Lipinski definition) is 2. The zero-order valence-electron chi connectivity index (χ0n) is 10.0. The molecule has 0 aliphatic carbocycles. The molecule has 0 aliphatic rings. The third-order valence-electron chi connectivity index (χ3n) is 2.62. The molecule has 3 nitrogen and oxygen atoms in total. The molecule has 2 aromatic rings. The van der Waals surface area contributed by atoms with Gasteiger partial charge >= 0.3 is 0 Å². The van der Waals surface area contributed by atoms with Crippen LogP contribution in [0.2, 0.25) is 0 Å². The smallest absolute Gasteiger partial charge is 0.0951 e. The normalized spacial score (nSPS) is 10.8. The molecule has 0 fully saturated rings. The second-order valence-corrected chi connectivity index (χ2v) is 5.16. The highest BCUT2D eigenvalue weighted by atomic mass is 79.9. The minimum Gasteiger partial charge on any atom is -0.379 e. The standard InChI is InChI=1S/C13H16BrN3/c1-10(2)17-9-15-7-13(17)8-16-12-5-3-11(14)4-6-12/h3-7,9-10,16H,8H2,1-2H3. The molecular weight excluding hydrogens is 278 g/mol. The molecule has 0 spiro atoms. The average Bonchev–Trinajstić information content (AvgIpc) is 2.76. The molecule has 4 heteroatoms. The number of anilines is 1. The number of imidazole rings is 1. The molecule has 0 saturated carbocycles. The monoisotopic (exact) mass is 293 g/mol. The molecule has 0 bridgehead atoms. The van der Waals surface area contributed by atoms with E-state index in [0.29, 0.717) is 6.04 Å². The van der Waals surface area contributed by atoms with Gasteiger partial charge in [-0.1, -0.05) is 15.9 Å². The van der Waals surface area contributed by atoms with Crippen LogP contribution < -0.4 is 5.32 Å². The van der Waals surface area contributed by atoms with Crippen molar-refractivity contribution >= 4 is 21.6 Å². The van der Waals surface area contributed by atoms with Crippen LogP contribution in [-0.4, -0.2) is 9.55 Å². The van der Waals surface area contributed by atoms with Gasteiger partial charge in [-0.3, -0.25) is 0 Å². The highest BCUT2D eigenvalue weighted by Crippen LogP contribution is 2.16. The number of hydrogen-bond donors (Lipinski definition) is 1. The van der Waals surface area contributed by atoms with Gasteiger partial charge in [-0.25, -0.2) is 4.98 Å². The van der Waals surface area contributed by atoms with E-state index in [2.05, 4.69) is 56.8 Å². The maximum absolute atomic E-state index is 4.19. The lowest BCUT2D eigenvalue weighted by Crippen LogP contribution is -2.08. The molecule has 0 radical (unpaired) electrons. The fourth-order valence-corrected chi connectivity index (χ4v) is 1.96. The van der Waals surface area contributed by atoms with Crippen LogP contribution in [0.5, 0.6) is 0 Å². The van der Waals surface area contributed by atoms with Crippen molar-refractivity contribution in [3.63, 3.8) is 0 Å². The van der Waals surface area contributed by atoms with Gasteiger partial charge in [0, 0.05) is 22.4 Å². The van der Waals surface area contributed by atoms with Gasteiger partial charge in [0.1, 0.15) is 0 Å². The Kier molecular flexibility index (Phi) is 3.84. The first-order chi connectivity index (χ1) is 8.16. The Bertz CT molecular complexity index is 474. The first-order valence-corrected chi connectivity index (χ1v) is 6.46. The predicted molar refractivity (Wildman–Crippen MR) is 74.1 cm³/mol. The van der Waals surface area contributed by atoms with Gasteiger partial charge in [-0.15, -0.1) is 0 Å². The number of aromatic nitrogens is 2. The number of nitrogens with one attached hydrogen (secondary N) is 1. The van der Waals surface area contributed by atoms with Crippen LogP contribution in [0, 0.1) is 0 Å². The van der Waals surface area contributed by atoms with Gasteiger partial charge in [-0.2, -0.15) is 0 Å². The fraction of sp³-hybridized carbons (Fsp3) is 0.308. The number of halogens is 1. The Labute approximate surface area is 110 Å². The second-order valence-electron chi connectivity index (χ2n) is 4.25. The van der Waals surface area contributed by atoms with Crippen molar-refractivity contribution in [1.29, 1.82) is 0 Å². The maximum Gasteiger partial charge on any atom is 0.0951 e. The highest BCUT2D eigenvalue weighted by molar-refractivity contribution is 9.10. The summed E-state index contributed by atoms with van der Waals surface area (Å²) in [4.78, 5) is 4.19. The van der Waals surface area contributed by atoms with Crippen molar-refractivity contribution in [2.24, 2.45) is 0 Å². The minimum atomic E-state index is 0.444. The molecule has 1 N–H and O–H groups in total. The van der Waals surface area contributed by atoms with Crippen molar-refractivity contribution in [2.45, 2.75) is 26.4 Å². The summed E-state index contributed by atoms with van der Waals surface area (Å²) in [5.74, 6) is 0. The van der Waals surface area contributed by atoms with Gasteiger partial charge in [0.2, 0.25) is 0 Å². The van der Waals surface area contributed by atoms with Gasteiger partial charge in [0.25, 0.3) is 0 Å². The van der Waals surface area contributed by atoms with Crippen molar-refractivity contribution in [1.82, 2.24) is 9.55 Å². The summed E-state index contributed by atoms with van der Waals surface area (Å²) in [6.07, 6.45) is 3.79. The van der Waals surface area contributed by atoms with Crippen LogP contribution in [0.15, 0.2) is 41.3 Å². The lowest BCUT2D eigenvalue weighted by molar-refractivity contribution is 0.577. The predicted octanol–water partition coefficient (Wildman–Crippen LogP) is 3.84. The van der Waals surface area contributed by atoms with Crippen molar-refractivity contribution in [3.8, 4) is 0 Å². The third-order valence-corrected chi connectivity index (χ3v) is 3.15. The molecule has 90 valence electrons. The summed E-state index contributed by atoms with van der Waals surface area (Å²) in [5, 5.41) is 3.39. The fourth-order valence-electron chi connectivity index (χ4n) is 1.69. The first kappa shape index (κ1) is 12.2. The van der Waals surface area contributed by atoms with Crippen LogP contribution in [0.1, 0.15) is 25.6 Å². The van der Waals surface area contributed by atoms with Crippen molar-refractivity contribution in [3.05, 3.63) is 47.0 Å². The summed E-state index contributed by atoms with van der Waals surface area (Å²) >= 11 is 3.42. The van der Waals surface area contributed by atoms with Crippen LogP contribution >= 0.6 is 15.9 Å². The first-order valence-electron chi connectivity index (χ1n) is 5.67. The topological polar surface area (TPSA) is 29.9 Å². The van der Waals surface area contributed by atoms with Gasteiger partial charge in [-0.05, 0) is 38.1 Å². The summed E-state index contributed by atoms with van der Waals surface area (Å²) in [6.45, 7) is 5.11. The summed E-state index contributed by atoms with van der Waals surface area (Å²) in [7, 11) is 0. The van der Waals surface area contributed by atoms with E-state index in [1.54, 1.807) is 0 Å². The summed E-state index contributed by atoms with van der Waals surface area (Å²) < 4.78 is 3.27. The summed E-state index contributed by atoms with van der Waals surface area (Å²) in [5.41, 5.74) is 2.31. The number of benzene rings is 1. The SMILES string of the molecule is CC(C)n1cncc1CNc1ccc(Br)cc1. The van der Waals surface area contributed by atoms with E-state index in [4.69, 9.17) is 0 Å². The average molecular weight is 294 g/mol. The van der Waals surface area contributed by atoms with Crippen LogP contribution in [0.3, 0.4) is 0 Å². The molecular formula is C13H16BrN3. The molecule has 0 aliphatic heterocycles. The van der Waals surface area contributed by atoms with Crippen LogP contribution in [0.25, 0.3) is 0 Å². The Morgan fingerprint density at radius 1 is 1.29 bits per heavy atom. The lowest BCUT2D eigenvalue weighted by atomic mass is 10.3. The molecule has 17 heavy (non-hydrogen) atoms. The minimum absolute atomic E-state index is 0.444. The molecule has 1 aromatic carbocycles. The molecule has 2 rings (SSSR count). The Hall–Kier alpha value is -1.29. The largest absolute Gasteiger partial charge is 0.379 e. The quantitative estimate of drug-likeness (QED) is 0.928. The van der Waals surface area contributed by atoms with Gasteiger partial charge < -0.3 is 9.88 Å². The molecule has 0 amide bonds. The van der Waals surface area contributed by atoms with E-state index in [1.165, 1.54) is 5.69 Å². The molecule has 1 aromatic heterocycles. The maximum atomic E-state index is 4.19. The molecule has 0 saturated heterocycles. The van der Waals surface area contributed by atoms with Crippen LogP contribution in [-0.2, 0) is 6.54 Å². The highest BCUT2D eigenvalue weighted by Gasteiger charge is 2.04. The molecule has 0 atom stereocenters. The number of rotatable bonds is 4. The van der Waals surface area contributed by atoms with Crippen molar-refractivity contribution in [2.75, 3.05) is 5.32 Å². The number of nitrogens with zero attached hydrogens (tertiary/aromatic N) is 2.